The van der Waals surface area contributed by atoms with Crippen molar-refractivity contribution >= 4 is 17.7 Å². The van der Waals surface area contributed by atoms with Gasteiger partial charge in [0, 0.05) is 39.6 Å². The van der Waals surface area contributed by atoms with Crippen LogP contribution in [0, 0.1) is 13.0 Å². The molecule has 1 atom stereocenters. The maximum Gasteiger partial charge on any atom is 0.406 e. The van der Waals surface area contributed by atoms with Crippen molar-refractivity contribution in [3.63, 3.8) is 0 Å². The van der Waals surface area contributed by atoms with E-state index in [1.807, 2.05) is 43.3 Å². The molecule has 2 aromatic carbocycles. The normalized spacial score (nSPS) is 16.2. The molecule has 1 N–H and O–H groups in total. The molecule has 0 unspecified atom stereocenters. The number of hydrogen-bond acceptors (Lipinski definition) is 3. The molecular formula is C19H19N2O3Y-. The van der Waals surface area contributed by atoms with Crippen molar-refractivity contribution in [3.05, 3.63) is 54.1 Å². The van der Waals surface area contributed by atoms with Gasteiger partial charge in [-0.05, 0) is 5.69 Å². The first-order valence-corrected chi connectivity index (χ1v) is 7.85. The third-order valence-corrected chi connectivity index (χ3v) is 3.95. The van der Waals surface area contributed by atoms with Gasteiger partial charge in [0.05, 0.1) is 13.1 Å². The molecule has 0 bridgehead atoms. The van der Waals surface area contributed by atoms with E-state index in [-0.39, 0.29) is 44.7 Å². The van der Waals surface area contributed by atoms with Gasteiger partial charge in [-0.1, -0.05) is 42.8 Å². The van der Waals surface area contributed by atoms with E-state index in [0.29, 0.717) is 13.1 Å². The van der Waals surface area contributed by atoms with Crippen LogP contribution in [-0.2, 0) is 42.2 Å². The molecule has 0 aromatic heterocycles. The molecule has 0 saturated carbocycles. The smallest absolute Gasteiger partial charge is 0.406 e. The molecule has 1 saturated heterocycles. The van der Waals surface area contributed by atoms with Crippen molar-refractivity contribution in [1.82, 2.24) is 5.32 Å². The van der Waals surface area contributed by atoms with Crippen LogP contribution in [0.5, 0.6) is 0 Å². The SMILES string of the molecule is CC(=O)NC[C@H]1CN(c2c[c-]c(-c3ccccc3)c(C)c2)C(=O)O1.[Y]. The average molecular weight is 412 g/mol. The molecule has 127 valence electrons. The van der Waals surface area contributed by atoms with Gasteiger partial charge in [-0.25, -0.2) is 4.79 Å². The fourth-order valence-corrected chi connectivity index (χ4v) is 2.76. The summed E-state index contributed by atoms with van der Waals surface area (Å²) >= 11 is 0. The number of ether oxygens (including phenoxy) is 1. The second kappa shape index (κ2) is 8.59. The quantitative estimate of drug-likeness (QED) is 0.786. The van der Waals surface area contributed by atoms with Gasteiger partial charge in [0.25, 0.3) is 0 Å². The van der Waals surface area contributed by atoms with Crippen molar-refractivity contribution in [2.24, 2.45) is 0 Å². The zero-order valence-corrected chi connectivity index (χ0v) is 17.1. The van der Waals surface area contributed by atoms with E-state index in [1.54, 1.807) is 11.0 Å². The Morgan fingerprint density at radius 1 is 1.36 bits per heavy atom. The largest absolute Gasteiger partial charge is 0.443 e. The standard InChI is InChI=1S/C19H19N2O3.Y/c1-13-10-16(8-9-18(13)15-6-4-3-5-7-15)21-12-17(24-19(21)23)11-20-14(2)22;/h3-8,10,17H,11-12H2,1-2H3,(H,20,22);/q-1;/t17-;/m0./s1. The Balaban J connectivity index is 0.00000225. The molecule has 1 aliphatic rings. The molecule has 0 spiro atoms. The molecular weight excluding hydrogens is 393 g/mol. The average Bonchev–Trinajstić information content (AvgIpc) is 2.94. The number of aryl methyl sites for hydroxylation is 1. The number of nitrogens with one attached hydrogen (secondary N) is 1. The van der Waals surface area contributed by atoms with Crippen LogP contribution >= 0.6 is 0 Å². The maximum atomic E-state index is 12.1. The minimum Gasteiger partial charge on any atom is -0.443 e. The molecule has 1 heterocycles. The topological polar surface area (TPSA) is 58.6 Å². The number of hydrogen-bond donors (Lipinski definition) is 1. The molecule has 3 rings (SSSR count). The molecule has 25 heavy (non-hydrogen) atoms. The number of nitrogens with zero attached hydrogens (tertiary/aromatic N) is 1. The van der Waals surface area contributed by atoms with E-state index in [1.165, 1.54) is 6.92 Å². The van der Waals surface area contributed by atoms with Gasteiger partial charge >= 0.3 is 6.09 Å². The molecule has 5 nitrogen and oxygen atoms in total. The van der Waals surface area contributed by atoms with Gasteiger partial charge in [0.1, 0.15) is 6.10 Å². The number of carbonyl (C=O) groups is 2. The van der Waals surface area contributed by atoms with Crippen molar-refractivity contribution < 1.29 is 47.0 Å². The fraction of sp³-hybridized carbons (Fsp3) is 0.263. The van der Waals surface area contributed by atoms with Crippen LogP contribution in [-0.4, -0.2) is 31.2 Å². The summed E-state index contributed by atoms with van der Waals surface area (Å²) in [5.41, 5.74) is 3.90. The Kier molecular flexibility index (Phi) is 6.74. The summed E-state index contributed by atoms with van der Waals surface area (Å²) in [5.74, 6) is -0.138. The molecule has 6 heteroatoms. The van der Waals surface area contributed by atoms with Gasteiger partial charge in [-0.15, -0.1) is 29.3 Å². The van der Waals surface area contributed by atoms with E-state index < -0.39 is 6.09 Å². The van der Waals surface area contributed by atoms with E-state index in [4.69, 9.17) is 4.74 Å². The predicted molar refractivity (Wildman–Crippen MR) is 91.7 cm³/mol. The summed E-state index contributed by atoms with van der Waals surface area (Å²) < 4.78 is 5.29. The number of amides is 2. The number of carbonyl (C=O) groups excluding carboxylic acids is 2. The van der Waals surface area contributed by atoms with Crippen molar-refractivity contribution in [3.8, 4) is 11.1 Å². The maximum absolute atomic E-state index is 12.1. The van der Waals surface area contributed by atoms with Gasteiger partial charge in [0.2, 0.25) is 5.91 Å². The summed E-state index contributed by atoms with van der Waals surface area (Å²) in [7, 11) is 0. The number of benzene rings is 2. The Morgan fingerprint density at radius 2 is 2.08 bits per heavy atom. The Hall–Kier alpha value is -1.72. The Labute approximate surface area is 172 Å². The third kappa shape index (κ3) is 4.68. The second-order valence-electron chi connectivity index (χ2n) is 5.84. The van der Waals surface area contributed by atoms with Crippen LogP contribution in [0.15, 0.2) is 42.5 Å². The van der Waals surface area contributed by atoms with E-state index in [9.17, 15) is 9.59 Å². The molecule has 1 aliphatic heterocycles. The summed E-state index contributed by atoms with van der Waals surface area (Å²) in [6.07, 6.45) is -0.735. The minimum atomic E-state index is -0.398. The fourth-order valence-electron chi connectivity index (χ4n) is 2.76. The van der Waals surface area contributed by atoms with Gasteiger partial charge in [0.15, 0.2) is 0 Å². The second-order valence-corrected chi connectivity index (χ2v) is 5.84. The molecule has 0 aliphatic carbocycles. The predicted octanol–water partition coefficient (Wildman–Crippen LogP) is 2.92. The van der Waals surface area contributed by atoms with Crippen LogP contribution in [0.3, 0.4) is 0 Å². The van der Waals surface area contributed by atoms with E-state index in [0.717, 1.165) is 22.4 Å². The number of cyclic esters (lactones) is 1. The summed E-state index contributed by atoms with van der Waals surface area (Å²) in [6, 6.07) is 17.0. The zero-order valence-electron chi connectivity index (χ0n) is 14.3. The summed E-state index contributed by atoms with van der Waals surface area (Å²) in [6.45, 7) is 4.17. The van der Waals surface area contributed by atoms with Crippen molar-refractivity contribution in [2.75, 3.05) is 18.0 Å². The summed E-state index contributed by atoms with van der Waals surface area (Å²) in [5, 5.41) is 2.67. The van der Waals surface area contributed by atoms with Crippen molar-refractivity contribution in [1.29, 1.82) is 0 Å². The molecule has 2 amide bonds. The van der Waals surface area contributed by atoms with Gasteiger partial charge in [-0.2, -0.15) is 0 Å². The minimum absolute atomic E-state index is 0. The van der Waals surface area contributed by atoms with Crippen LogP contribution < -0.4 is 10.2 Å². The third-order valence-electron chi connectivity index (χ3n) is 3.95. The van der Waals surface area contributed by atoms with Crippen LogP contribution in [0.2, 0.25) is 0 Å². The number of rotatable bonds is 4. The van der Waals surface area contributed by atoms with Crippen LogP contribution in [0.1, 0.15) is 12.5 Å². The summed E-state index contributed by atoms with van der Waals surface area (Å²) in [4.78, 5) is 24.6. The van der Waals surface area contributed by atoms with Gasteiger partial charge in [-0.3, -0.25) is 4.79 Å². The Bertz CT molecular complexity index is 765. The van der Waals surface area contributed by atoms with E-state index >= 15 is 0 Å². The van der Waals surface area contributed by atoms with Gasteiger partial charge < -0.3 is 15.0 Å². The van der Waals surface area contributed by atoms with E-state index in [2.05, 4.69) is 11.4 Å². The van der Waals surface area contributed by atoms with Crippen LogP contribution in [0.4, 0.5) is 10.5 Å². The molecule has 1 radical (unpaired) electrons. The first kappa shape index (κ1) is 19.6. The van der Waals surface area contributed by atoms with Crippen molar-refractivity contribution in [2.45, 2.75) is 20.0 Å². The molecule has 1 fully saturated rings. The first-order chi connectivity index (χ1) is 11.5. The number of anilines is 1. The zero-order chi connectivity index (χ0) is 17.1. The Morgan fingerprint density at radius 3 is 2.72 bits per heavy atom. The first-order valence-electron chi connectivity index (χ1n) is 7.85. The molecule has 2 aromatic rings. The van der Waals surface area contributed by atoms with Crippen LogP contribution in [0.25, 0.3) is 11.1 Å². The monoisotopic (exact) mass is 412 g/mol.